The van der Waals surface area contributed by atoms with Crippen LogP contribution in [-0.4, -0.2) is 119 Å². The minimum atomic E-state index is -0.998. The summed E-state index contributed by atoms with van der Waals surface area (Å²) in [5.41, 5.74) is -0.515. The predicted molar refractivity (Wildman–Crippen MR) is 322 cm³/mol. The van der Waals surface area contributed by atoms with Gasteiger partial charge in [0.15, 0.2) is 0 Å². The molecule has 16 heteroatoms. The molecule has 12 fully saturated rings. The van der Waals surface area contributed by atoms with E-state index >= 15 is 0 Å². The summed E-state index contributed by atoms with van der Waals surface area (Å²) in [5.74, 6) is 1.90. The summed E-state index contributed by atoms with van der Waals surface area (Å²) < 4.78 is 0. The predicted octanol–water partition coefficient (Wildman–Crippen LogP) is 6.34. The van der Waals surface area contributed by atoms with Gasteiger partial charge >= 0.3 is 39.9 Å². The first-order valence-electron chi connectivity index (χ1n) is 35.5. The number of hydrogen-bond acceptors (Lipinski definition) is 15. The number of aliphatic hydroxyl groups excluding tert-OH is 9. The van der Waals surface area contributed by atoms with E-state index in [0.29, 0.717) is 54.8 Å². The number of carbonyl (C=O) groups is 3. The first-order valence-corrected chi connectivity index (χ1v) is 35.5. The van der Waals surface area contributed by atoms with Gasteiger partial charge in [-0.1, -0.05) is 62.3 Å². The summed E-state index contributed by atoms with van der Waals surface area (Å²) in [6, 6.07) is 0. The maximum Gasteiger partial charge on any atom is 3.00 e. The van der Waals surface area contributed by atoms with E-state index in [-0.39, 0.29) is 199 Å². The fourth-order valence-electron chi connectivity index (χ4n) is 26.0. The van der Waals surface area contributed by atoms with Crippen LogP contribution in [0, 0.1) is 179 Å². The van der Waals surface area contributed by atoms with Gasteiger partial charge in [0.25, 0.3) is 0 Å². The molecule has 0 aromatic heterocycles. The van der Waals surface area contributed by atoms with Gasteiger partial charge in [-0.15, -0.1) is 0 Å². The van der Waals surface area contributed by atoms with E-state index in [1.54, 1.807) is 0 Å². The Bertz CT molecular complexity index is 2170. The summed E-state index contributed by atoms with van der Waals surface area (Å²) >= 11 is 0. The maximum absolute atomic E-state index is 11.5. The van der Waals surface area contributed by atoms with Gasteiger partial charge < -0.3 is 75.7 Å². The van der Waals surface area contributed by atoms with E-state index in [0.717, 1.165) is 135 Å². The van der Waals surface area contributed by atoms with Crippen LogP contribution >= 0.6 is 0 Å². The molecule has 0 bridgehead atoms. The number of aliphatic hydroxyl groups is 9. The Kier molecular flexibility index (Phi) is 22.1. The van der Waals surface area contributed by atoms with E-state index in [2.05, 4.69) is 62.3 Å². The molecule has 12 aliphatic rings. The van der Waals surface area contributed by atoms with Crippen molar-refractivity contribution in [3.05, 3.63) is 0 Å². The van der Waals surface area contributed by atoms with Crippen molar-refractivity contribution >= 4 is 17.9 Å². The molecule has 0 amide bonds. The minimum Gasteiger partial charge on any atom is -0.550 e. The number of carboxylic acids is 3. The molecule has 0 saturated heterocycles. The molecule has 33 atom stereocenters. The molecule has 12 saturated carbocycles. The van der Waals surface area contributed by atoms with Gasteiger partial charge in [-0.3, -0.25) is 0 Å². The number of aliphatic carboxylic acids is 3. The Morgan fingerprint density at radius 2 is 0.602 bits per heavy atom. The molecule has 503 valence electrons. The number of hydrogen-bond donors (Lipinski definition) is 9. The SMILES string of the molecule is C[C@H](CCC(=O)[O-])[C@H]1CCC2C3C(C[C@H](O)[C@@]21C)[C@@]1(C)CC[C@@H](O)C[C@H]1C[C@H]3O.C[C@H](CCC(=O)[O-])[C@H]1CCC2C3C(C[C@H](O)[C@@]21C)[C@@]1(C)CC[C@@H](O)C[C@H]1C[C@H]3O.C[C@H](CCC(=O)[O-])[C@H]1CCC2C3C(C[C@H](O)[C@@]21C)[C@@]1(C)CC[C@@H](O)C[C@H]1C[C@H]3O.[Gd+3]. The van der Waals surface area contributed by atoms with Crippen LogP contribution < -0.4 is 15.3 Å². The number of rotatable bonds is 12. The van der Waals surface area contributed by atoms with Crippen molar-refractivity contribution in [2.45, 2.75) is 291 Å². The second-order valence-electron chi connectivity index (χ2n) is 34.2. The van der Waals surface area contributed by atoms with Gasteiger partial charge in [0.05, 0.1) is 54.9 Å². The van der Waals surface area contributed by atoms with Gasteiger partial charge in [0.2, 0.25) is 0 Å². The van der Waals surface area contributed by atoms with Crippen LogP contribution in [0.4, 0.5) is 0 Å². The zero-order chi connectivity index (χ0) is 63.4. The monoisotopic (exact) mass is 1380 g/mol. The number of carboxylic acid groups (broad SMARTS) is 3. The van der Waals surface area contributed by atoms with E-state index in [1.165, 1.54) is 0 Å². The summed E-state index contributed by atoms with van der Waals surface area (Å²) in [7, 11) is 0. The van der Waals surface area contributed by atoms with Gasteiger partial charge in [-0.05, 0) is 312 Å². The Morgan fingerprint density at radius 3 is 0.830 bits per heavy atom. The molecule has 1 radical (unpaired) electrons. The van der Waals surface area contributed by atoms with Crippen LogP contribution in [-0.2, 0) is 14.4 Å². The quantitative estimate of drug-likeness (QED) is 0.103. The van der Waals surface area contributed by atoms with Crippen molar-refractivity contribution in [2.24, 2.45) is 139 Å². The van der Waals surface area contributed by atoms with Crippen molar-refractivity contribution in [3.63, 3.8) is 0 Å². The Morgan fingerprint density at radius 1 is 0.364 bits per heavy atom. The van der Waals surface area contributed by atoms with E-state index in [9.17, 15) is 75.7 Å². The zero-order valence-corrected chi connectivity index (χ0v) is 57.3. The summed E-state index contributed by atoms with van der Waals surface area (Å²) in [6.45, 7) is 20.0. The number of carbonyl (C=O) groups excluding carboxylic acids is 3. The molecule has 0 aromatic carbocycles. The molecule has 12 aliphatic carbocycles. The van der Waals surface area contributed by atoms with Crippen molar-refractivity contribution in [2.75, 3.05) is 0 Å². The van der Waals surface area contributed by atoms with E-state index in [1.807, 2.05) is 0 Å². The summed E-state index contributed by atoms with van der Waals surface area (Å²) in [5, 5.41) is 132. The first kappa shape index (κ1) is 71.7. The third kappa shape index (κ3) is 12.4. The van der Waals surface area contributed by atoms with Crippen molar-refractivity contribution in [3.8, 4) is 0 Å². The normalized spacial score (nSPS) is 52.3. The van der Waals surface area contributed by atoms with Crippen LogP contribution in [0.1, 0.15) is 236 Å². The van der Waals surface area contributed by atoms with Crippen LogP contribution in [0.15, 0.2) is 0 Å². The van der Waals surface area contributed by atoms with Crippen molar-refractivity contribution < 1.29 is 116 Å². The molecule has 9 unspecified atom stereocenters. The van der Waals surface area contributed by atoms with Gasteiger partial charge in [-0.25, -0.2) is 0 Å². The number of fused-ring (bicyclic) bond motifs is 15. The second-order valence-corrected chi connectivity index (χ2v) is 34.2. The van der Waals surface area contributed by atoms with Gasteiger partial charge in [0.1, 0.15) is 0 Å². The standard InChI is InChI=1S/3C24H40O5.Gd/c3*1-13(4-7-21(28)29)16-5-6-17-22-18(12-20(27)24(16,17)3)23(2)9-8-15(25)10-14(23)11-19(22)26;/h3*13-20,22,25-27H,4-12H2,1-3H3,(H,28,29);/q;;;+3/p-3/t3*13-,14+,15-,16-,17?,18?,19-,20+,22?,23+,24-;/m111./s1. The molecular formula is C72H117GdO15. The molecule has 0 aromatic rings. The largest absolute Gasteiger partial charge is 3.00 e. The third-order valence-corrected chi connectivity index (χ3v) is 31.0. The fraction of sp³-hybridized carbons (Fsp3) is 0.958. The Labute approximate surface area is 559 Å². The van der Waals surface area contributed by atoms with Gasteiger partial charge in [0, 0.05) is 17.9 Å². The van der Waals surface area contributed by atoms with E-state index < -0.39 is 36.2 Å². The molecule has 9 N–H and O–H groups in total. The summed E-state index contributed by atoms with van der Waals surface area (Å²) in [4.78, 5) is 32.9. The molecule has 0 aliphatic heterocycles. The molecule has 0 heterocycles. The Hall–Kier alpha value is -0.625. The minimum absolute atomic E-state index is 0. The average Bonchev–Trinajstić information content (AvgIpc) is 1.31. The smallest absolute Gasteiger partial charge is 0.550 e. The molecule has 15 nitrogen and oxygen atoms in total. The molecular weight excluding hydrogens is 1260 g/mol. The first-order chi connectivity index (χ1) is 40.8. The molecule has 0 spiro atoms. The summed E-state index contributed by atoms with van der Waals surface area (Å²) in [6.07, 6.45) is 17.2. The van der Waals surface area contributed by atoms with Gasteiger partial charge in [-0.2, -0.15) is 0 Å². The molecule has 88 heavy (non-hydrogen) atoms. The van der Waals surface area contributed by atoms with Crippen LogP contribution in [0.5, 0.6) is 0 Å². The van der Waals surface area contributed by atoms with Crippen LogP contribution in [0.2, 0.25) is 0 Å². The maximum atomic E-state index is 11.5. The topological polar surface area (TPSA) is 302 Å². The molecule has 12 rings (SSSR count). The fourth-order valence-corrected chi connectivity index (χ4v) is 26.0. The van der Waals surface area contributed by atoms with Crippen molar-refractivity contribution in [1.29, 1.82) is 0 Å². The third-order valence-electron chi connectivity index (χ3n) is 31.0. The zero-order valence-electron chi connectivity index (χ0n) is 55.0. The van der Waals surface area contributed by atoms with Crippen LogP contribution in [0.3, 0.4) is 0 Å². The van der Waals surface area contributed by atoms with E-state index in [4.69, 9.17) is 0 Å². The Balaban J connectivity index is 0.000000156. The van der Waals surface area contributed by atoms with Crippen LogP contribution in [0.25, 0.3) is 0 Å². The van der Waals surface area contributed by atoms with Crippen molar-refractivity contribution in [1.82, 2.24) is 0 Å². The average molecular weight is 1380 g/mol. The second kappa shape index (κ2) is 27.1.